The summed E-state index contributed by atoms with van der Waals surface area (Å²) in [5, 5.41) is 8.28. The molecule has 0 aromatic heterocycles. The molecule has 0 aromatic rings. The van der Waals surface area contributed by atoms with E-state index in [4.69, 9.17) is 5.11 Å². The number of piperazine rings is 1. The monoisotopic (exact) mass is 262 g/mol. The van der Waals surface area contributed by atoms with Crippen molar-refractivity contribution in [2.75, 3.05) is 39.3 Å². The number of rotatable bonds is 5. The number of nitrogens with zero attached hydrogens (tertiary/aromatic N) is 2. The summed E-state index contributed by atoms with van der Waals surface area (Å²) in [6, 6.07) is 0. The summed E-state index contributed by atoms with van der Waals surface area (Å²) in [7, 11) is -3.29. The Hall–Kier alpha value is -0.170. The van der Waals surface area contributed by atoms with Gasteiger partial charge in [-0.2, -0.15) is 4.31 Å². The highest BCUT2D eigenvalue weighted by Gasteiger charge is 2.32. The summed E-state index contributed by atoms with van der Waals surface area (Å²) in [4.78, 5) is 2.35. The molecule has 2 rings (SSSR count). The van der Waals surface area contributed by atoms with Gasteiger partial charge in [0.25, 0.3) is 0 Å². The molecular formula is C11H22N2O3S. The van der Waals surface area contributed by atoms with Crippen LogP contribution in [-0.2, 0) is 10.0 Å². The average molecular weight is 262 g/mol. The van der Waals surface area contributed by atoms with Crippen molar-refractivity contribution in [3.8, 4) is 0 Å². The van der Waals surface area contributed by atoms with Gasteiger partial charge in [0.15, 0.2) is 0 Å². The number of aliphatic hydroxyl groups is 1. The molecule has 6 heteroatoms. The lowest BCUT2D eigenvalue weighted by molar-refractivity contribution is 0.180. The zero-order valence-electron chi connectivity index (χ0n) is 10.4. The van der Waals surface area contributed by atoms with Crippen molar-refractivity contribution in [3.63, 3.8) is 0 Å². The molecule has 0 spiro atoms. The Balaban J connectivity index is 1.85. The lowest BCUT2D eigenvalue weighted by Crippen LogP contribution is -2.51. The van der Waals surface area contributed by atoms with E-state index in [1.54, 1.807) is 6.92 Å². The third kappa shape index (κ3) is 3.19. The standard InChI is InChI=1S/C11H22N2O3S/c1-10(9-14)17(15,16)13-6-4-12(5-7-13)8-11-2-3-11/h10-11,14H,2-9H2,1H3. The van der Waals surface area contributed by atoms with Gasteiger partial charge in [0, 0.05) is 32.7 Å². The topological polar surface area (TPSA) is 60.9 Å². The summed E-state index contributed by atoms with van der Waals surface area (Å²) in [6.07, 6.45) is 2.67. The molecule has 0 amide bonds. The Morgan fingerprint density at radius 1 is 1.24 bits per heavy atom. The van der Waals surface area contributed by atoms with Gasteiger partial charge in [-0.1, -0.05) is 0 Å². The predicted octanol–water partition coefficient (Wildman–Crippen LogP) is -0.275. The van der Waals surface area contributed by atoms with Crippen LogP contribution in [0.3, 0.4) is 0 Å². The van der Waals surface area contributed by atoms with Crippen molar-refractivity contribution in [3.05, 3.63) is 0 Å². The highest BCUT2D eigenvalue weighted by molar-refractivity contribution is 7.89. The predicted molar refractivity (Wildman–Crippen MR) is 66.2 cm³/mol. The van der Waals surface area contributed by atoms with Crippen molar-refractivity contribution in [2.24, 2.45) is 5.92 Å². The maximum absolute atomic E-state index is 12.0. The summed E-state index contributed by atoms with van der Waals surface area (Å²) in [6.45, 7) is 5.18. The van der Waals surface area contributed by atoms with Crippen molar-refractivity contribution >= 4 is 10.0 Å². The Labute approximate surface area is 103 Å². The lowest BCUT2D eigenvalue weighted by Gasteiger charge is -2.35. The Kier molecular flexibility index (Phi) is 4.07. The van der Waals surface area contributed by atoms with Crippen molar-refractivity contribution in [1.29, 1.82) is 0 Å². The van der Waals surface area contributed by atoms with Gasteiger partial charge in [0.1, 0.15) is 0 Å². The van der Waals surface area contributed by atoms with Gasteiger partial charge >= 0.3 is 0 Å². The fraction of sp³-hybridized carbons (Fsp3) is 1.00. The zero-order valence-corrected chi connectivity index (χ0v) is 11.2. The molecule has 1 aliphatic carbocycles. The largest absolute Gasteiger partial charge is 0.395 e. The van der Waals surface area contributed by atoms with Crippen LogP contribution in [0.15, 0.2) is 0 Å². The van der Waals surface area contributed by atoms with Crippen LogP contribution in [0.2, 0.25) is 0 Å². The van der Waals surface area contributed by atoms with Crippen molar-refractivity contribution in [1.82, 2.24) is 9.21 Å². The van der Waals surface area contributed by atoms with E-state index in [0.717, 1.165) is 25.6 Å². The van der Waals surface area contributed by atoms with E-state index >= 15 is 0 Å². The van der Waals surface area contributed by atoms with Gasteiger partial charge in [-0.15, -0.1) is 0 Å². The first-order valence-electron chi connectivity index (χ1n) is 6.36. The second-order valence-electron chi connectivity index (χ2n) is 5.18. The number of hydrogen-bond acceptors (Lipinski definition) is 4. The SMILES string of the molecule is CC(CO)S(=O)(=O)N1CCN(CC2CC2)CC1. The van der Waals surface area contributed by atoms with Gasteiger partial charge < -0.3 is 10.0 Å². The Morgan fingerprint density at radius 2 is 1.82 bits per heavy atom. The Morgan fingerprint density at radius 3 is 2.29 bits per heavy atom. The average Bonchev–Trinajstić information content (AvgIpc) is 3.12. The molecule has 1 aliphatic heterocycles. The molecule has 1 atom stereocenters. The van der Waals surface area contributed by atoms with Gasteiger partial charge in [-0.3, -0.25) is 0 Å². The molecule has 1 saturated heterocycles. The number of sulfonamides is 1. The van der Waals surface area contributed by atoms with Crippen LogP contribution in [0.5, 0.6) is 0 Å². The van der Waals surface area contributed by atoms with Crippen molar-refractivity contribution in [2.45, 2.75) is 25.0 Å². The molecule has 100 valence electrons. The molecule has 5 nitrogen and oxygen atoms in total. The first kappa shape index (κ1) is 13.3. The van der Waals surface area contributed by atoms with Crippen LogP contribution in [0.25, 0.3) is 0 Å². The lowest BCUT2D eigenvalue weighted by atomic mass is 10.3. The summed E-state index contributed by atoms with van der Waals surface area (Å²) >= 11 is 0. The molecule has 0 bridgehead atoms. The van der Waals surface area contributed by atoms with Crippen LogP contribution >= 0.6 is 0 Å². The molecule has 1 heterocycles. The van der Waals surface area contributed by atoms with Crippen LogP contribution in [0.4, 0.5) is 0 Å². The first-order chi connectivity index (χ1) is 8.04. The molecule has 17 heavy (non-hydrogen) atoms. The fourth-order valence-corrected chi connectivity index (χ4v) is 3.55. The van der Waals surface area contributed by atoms with E-state index in [1.807, 2.05) is 0 Å². The van der Waals surface area contributed by atoms with Gasteiger partial charge in [-0.05, 0) is 25.7 Å². The van der Waals surface area contributed by atoms with E-state index in [0.29, 0.717) is 13.1 Å². The minimum Gasteiger partial charge on any atom is -0.395 e. The quantitative estimate of drug-likeness (QED) is 0.740. The number of hydrogen-bond donors (Lipinski definition) is 1. The molecule has 0 radical (unpaired) electrons. The first-order valence-corrected chi connectivity index (χ1v) is 7.86. The molecule has 2 aliphatic rings. The zero-order chi connectivity index (χ0) is 12.5. The maximum atomic E-state index is 12.0. The number of aliphatic hydroxyl groups excluding tert-OH is 1. The van der Waals surface area contributed by atoms with Crippen LogP contribution in [0.1, 0.15) is 19.8 Å². The van der Waals surface area contributed by atoms with Crippen LogP contribution < -0.4 is 0 Å². The summed E-state index contributed by atoms with van der Waals surface area (Å²) < 4.78 is 25.5. The smallest absolute Gasteiger partial charge is 0.219 e. The van der Waals surface area contributed by atoms with E-state index < -0.39 is 15.3 Å². The molecule has 1 N–H and O–H groups in total. The summed E-state index contributed by atoms with van der Waals surface area (Å²) in [5.74, 6) is 0.856. The third-order valence-electron chi connectivity index (χ3n) is 3.67. The van der Waals surface area contributed by atoms with Gasteiger partial charge in [-0.25, -0.2) is 8.42 Å². The highest BCUT2D eigenvalue weighted by Crippen LogP contribution is 2.30. The molecule has 1 unspecified atom stereocenters. The molecule has 2 fully saturated rings. The second-order valence-corrected chi connectivity index (χ2v) is 7.53. The van der Waals surface area contributed by atoms with Crippen LogP contribution in [0, 0.1) is 5.92 Å². The minimum atomic E-state index is -3.29. The van der Waals surface area contributed by atoms with Crippen molar-refractivity contribution < 1.29 is 13.5 Å². The van der Waals surface area contributed by atoms with Gasteiger partial charge in [0.05, 0.1) is 11.9 Å². The van der Waals surface area contributed by atoms with Crippen LogP contribution in [-0.4, -0.2) is 67.3 Å². The Bertz CT molecular complexity index is 346. The van der Waals surface area contributed by atoms with E-state index in [1.165, 1.54) is 17.1 Å². The highest BCUT2D eigenvalue weighted by atomic mass is 32.2. The minimum absolute atomic E-state index is 0.301. The van der Waals surface area contributed by atoms with E-state index in [2.05, 4.69) is 4.90 Å². The molecule has 1 saturated carbocycles. The maximum Gasteiger partial charge on any atom is 0.219 e. The summed E-state index contributed by atoms with van der Waals surface area (Å²) in [5.41, 5.74) is 0. The third-order valence-corrected chi connectivity index (χ3v) is 5.92. The van der Waals surface area contributed by atoms with E-state index in [9.17, 15) is 8.42 Å². The molecular weight excluding hydrogens is 240 g/mol. The molecule has 0 aromatic carbocycles. The fourth-order valence-electron chi connectivity index (χ4n) is 2.18. The normalized spacial score (nSPS) is 26.0. The van der Waals surface area contributed by atoms with Gasteiger partial charge in [0.2, 0.25) is 10.0 Å². The second kappa shape index (κ2) is 5.22. The van der Waals surface area contributed by atoms with E-state index in [-0.39, 0.29) is 6.61 Å².